The van der Waals surface area contributed by atoms with Gasteiger partial charge in [0, 0.05) is 31.3 Å². The Balaban J connectivity index is 1.37. The minimum absolute atomic E-state index is 0.147. The zero-order valence-electron chi connectivity index (χ0n) is 30.4. The molecule has 1 fully saturated rings. The van der Waals surface area contributed by atoms with Crippen LogP contribution in [0.2, 0.25) is 0 Å². The number of allylic oxidation sites excluding steroid dienone is 4. The number of ether oxygens (including phenoxy) is 3. The highest BCUT2D eigenvalue weighted by molar-refractivity contribution is 6.02. The van der Waals surface area contributed by atoms with Crippen LogP contribution in [0.3, 0.4) is 0 Å². The number of likely N-dealkylation sites (tertiary alicyclic amines) is 1. The molecule has 1 saturated heterocycles. The summed E-state index contributed by atoms with van der Waals surface area (Å²) in [5.41, 5.74) is 4.56. The third-order valence-corrected chi connectivity index (χ3v) is 9.07. The number of carbonyl (C=O) groups is 3. The Morgan fingerprint density at radius 3 is 2.39 bits per heavy atom. The van der Waals surface area contributed by atoms with Crippen LogP contribution in [0.1, 0.15) is 76.0 Å². The van der Waals surface area contributed by atoms with Crippen LogP contribution in [0.25, 0.3) is 5.57 Å². The zero-order valence-corrected chi connectivity index (χ0v) is 30.4. The topological polar surface area (TPSA) is 119 Å². The number of nitrogens with zero attached hydrogens (tertiary/aromatic N) is 3. The van der Waals surface area contributed by atoms with E-state index < -0.39 is 12.1 Å². The normalized spacial score (nSPS) is 16.8. The number of hydrogen-bond donors (Lipinski definition) is 1. The molecule has 0 saturated carbocycles. The van der Waals surface area contributed by atoms with Gasteiger partial charge in [-0.3, -0.25) is 9.59 Å². The predicted molar refractivity (Wildman–Crippen MR) is 202 cm³/mol. The summed E-state index contributed by atoms with van der Waals surface area (Å²) in [6.45, 7) is 11.4. The SMILES string of the molecule is C=NC(=N/C=C(\C)c1ccc(OCCCCCCC)cc1)c1ccc(C[C@H](NC(=O)OCC2=CC=CC(C)C2)C(=O)N2CC(C(=O)OC)C2)cc1. The van der Waals surface area contributed by atoms with E-state index in [1.165, 1.54) is 32.8 Å². The van der Waals surface area contributed by atoms with Gasteiger partial charge in [-0.2, -0.15) is 0 Å². The molecular formula is C41H52N4O6. The average molecular weight is 697 g/mol. The van der Waals surface area contributed by atoms with E-state index in [0.29, 0.717) is 11.8 Å². The highest BCUT2D eigenvalue weighted by atomic mass is 16.5. The van der Waals surface area contributed by atoms with Crippen LogP contribution in [-0.2, 0) is 25.5 Å². The number of benzene rings is 2. The number of aliphatic imine (C=N–C) groups is 2. The van der Waals surface area contributed by atoms with Crippen LogP contribution in [-0.4, -0.2) is 74.9 Å². The van der Waals surface area contributed by atoms with Crippen molar-refractivity contribution in [2.45, 2.75) is 71.8 Å². The Labute approximate surface area is 302 Å². The lowest BCUT2D eigenvalue weighted by Gasteiger charge is -2.39. The first-order chi connectivity index (χ1) is 24.7. The molecule has 0 spiro atoms. The Morgan fingerprint density at radius 2 is 1.73 bits per heavy atom. The molecule has 0 radical (unpaired) electrons. The van der Waals surface area contributed by atoms with Gasteiger partial charge in [0.25, 0.3) is 0 Å². The van der Waals surface area contributed by atoms with E-state index in [1.54, 1.807) is 11.1 Å². The van der Waals surface area contributed by atoms with Gasteiger partial charge >= 0.3 is 12.1 Å². The van der Waals surface area contributed by atoms with E-state index in [1.807, 2.05) is 67.6 Å². The highest BCUT2D eigenvalue weighted by Gasteiger charge is 2.39. The molecule has 2 aliphatic rings. The monoisotopic (exact) mass is 696 g/mol. The van der Waals surface area contributed by atoms with E-state index in [4.69, 9.17) is 14.2 Å². The molecule has 2 atom stereocenters. The lowest BCUT2D eigenvalue weighted by Crippen LogP contribution is -2.59. The summed E-state index contributed by atoms with van der Waals surface area (Å²) >= 11 is 0. The Bertz CT molecular complexity index is 1600. The molecule has 1 N–H and O–H groups in total. The molecule has 4 rings (SSSR count). The number of methoxy groups -OCH3 is 1. The second kappa shape index (κ2) is 20.0. The third kappa shape index (κ3) is 12.1. The number of amides is 2. The summed E-state index contributed by atoms with van der Waals surface area (Å²) in [6, 6.07) is 14.6. The van der Waals surface area contributed by atoms with Gasteiger partial charge in [0.05, 0.1) is 19.6 Å². The number of amidine groups is 1. The fourth-order valence-electron chi connectivity index (χ4n) is 5.95. The van der Waals surface area contributed by atoms with Crippen molar-refractivity contribution in [1.29, 1.82) is 0 Å². The number of esters is 1. The fourth-order valence-corrected chi connectivity index (χ4v) is 5.95. The molecule has 10 heteroatoms. The molecule has 0 bridgehead atoms. The van der Waals surface area contributed by atoms with Crippen molar-refractivity contribution >= 4 is 36.1 Å². The Kier molecular flexibility index (Phi) is 15.2. The fraction of sp³-hybridized carbons (Fsp3) is 0.439. The van der Waals surface area contributed by atoms with Gasteiger partial charge in [0.1, 0.15) is 18.4 Å². The largest absolute Gasteiger partial charge is 0.494 e. The van der Waals surface area contributed by atoms with E-state index in [-0.39, 0.29) is 43.9 Å². The molecule has 0 aromatic heterocycles. The number of unbranched alkanes of at least 4 members (excludes halogenated alkanes) is 4. The van der Waals surface area contributed by atoms with Gasteiger partial charge in [-0.1, -0.05) is 94.2 Å². The molecule has 10 nitrogen and oxygen atoms in total. The zero-order chi connectivity index (χ0) is 36.6. The van der Waals surface area contributed by atoms with E-state index in [9.17, 15) is 14.4 Å². The molecule has 1 unspecified atom stereocenters. The molecule has 1 aliphatic heterocycles. The first-order valence-electron chi connectivity index (χ1n) is 17.9. The van der Waals surface area contributed by atoms with Crippen molar-refractivity contribution < 1.29 is 28.6 Å². The minimum Gasteiger partial charge on any atom is -0.494 e. The van der Waals surface area contributed by atoms with Crippen molar-refractivity contribution in [3.05, 3.63) is 95.2 Å². The van der Waals surface area contributed by atoms with Crippen LogP contribution in [0.15, 0.2) is 88.5 Å². The second-order valence-electron chi connectivity index (χ2n) is 13.2. The van der Waals surface area contributed by atoms with Gasteiger partial charge in [-0.05, 0) is 66.8 Å². The maximum Gasteiger partial charge on any atom is 0.408 e. The molecule has 51 heavy (non-hydrogen) atoms. The number of nitrogens with one attached hydrogen (secondary N) is 1. The first-order valence-corrected chi connectivity index (χ1v) is 17.9. The number of hydrogen-bond acceptors (Lipinski definition) is 7. The van der Waals surface area contributed by atoms with Gasteiger partial charge in [0.15, 0.2) is 5.84 Å². The quantitative estimate of drug-likeness (QED) is 0.0801. The van der Waals surface area contributed by atoms with Crippen LogP contribution in [0.5, 0.6) is 5.75 Å². The number of alkyl carbamates (subject to hydrolysis) is 1. The predicted octanol–water partition coefficient (Wildman–Crippen LogP) is 7.34. The molecule has 2 aromatic carbocycles. The lowest BCUT2D eigenvalue weighted by molar-refractivity contribution is -0.156. The number of rotatable bonds is 17. The van der Waals surface area contributed by atoms with Crippen molar-refractivity contribution in [1.82, 2.24) is 10.2 Å². The average Bonchev–Trinajstić information content (AvgIpc) is 3.12. The van der Waals surface area contributed by atoms with E-state index >= 15 is 0 Å². The maximum absolute atomic E-state index is 13.5. The summed E-state index contributed by atoms with van der Waals surface area (Å²) in [5.74, 6) is 0.666. The Morgan fingerprint density at radius 1 is 1.02 bits per heavy atom. The van der Waals surface area contributed by atoms with Crippen LogP contribution in [0, 0.1) is 11.8 Å². The lowest BCUT2D eigenvalue weighted by atomic mass is 9.96. The summed E-state index contributed by atoms with van der Waals surface area (Å²) in [7, 11) is 1.33. The summed E-state index contributed by atoms with van der Waals surface area (Å²) in [4.78, 5) is 48.6. The van der Waals surface area contributed by atoms with Crippen LogP contribution >= 0.6 is 0 Å². The molecule has 2 aromatic rings. The molecule has 1 aliphatic carbocycles. The first kappa shape index (κ1) is 38.8. The van der Waals surface area contributed by atoms with Crippen LogP contribution in [0.4, 0.5) is 4.79 Å². The molecule has 272 valence electrons. The molecular weight excluding hydrogens is 644 g/mol. The molecule has 1 heterocycles. The van der Waals surface area contributed by atoms with Crippen molar-refractivity contribution in [2.24, 2.45) is 21.8 Å². The minimum atomic E-state index is -0.889. The number of carbonyl (C=O) groups excluding carboxylic acids is 3. The molecule has 2 amide bonds. The van der Waals surface area contributed by atoms with Crippen molar-refractivity contribution in [3.63, 3.8) is 0 Å². The van der Waals surface area contributed by atoms with Crippen LogP contribution < -0.4 is 10.1 Å². The van der Waals surface area contributed by atoms with Gasteiger partial charge in [0.2, 0.25) is 5.91 Å². The highest BCUT2D eigenvalue weighted by Crippen LogP contribution is 2.22. The van der Waals surface area contributed by atoms with Crippen molar-refractivity contribution in [2.75, 3.05) is 33.4 Å². The van der Waals surface area contributed by atoms with E-state index in [2.05, 4.69) is 41.9 Å². The van der Waals surface area contributed by atoms with Crippen molar-refractivity contribution in [3.8, 4) is 5.75 Å². The third-order valence-electron chi connectivity index (χ3n) is 9.07. The van der Waals surface area contributed by atoms with Gasteiger partial charge < -0.3 is 24.4 Å². The summed E-state index contributed by atoms with van der Waals surface area (Å²) in [5, 5.41) is 2.76. The summed E-state index contributed by atoms with van der Waals surface area (Å²) in [6.07, 6.45) is 14.1. The Hall–Kier alpha value is -4.99. The summed E-state index contributed by atoms with van der Waals surface area (Å²) < 4.78 is 16.2. The smallest absolute Gasteiger partial charge is 0.408 e. The standard InChI is InChI=1S/C41H52N4O6/c1-6-7-8-9-10-22-50-36-20-18-33(19-21-36)30(3)25-43-38(42-4)34-16-14-31(15-17-34)24-37(39(46)45-26-35(27-45)40(47)49-5)44-41(48)51-28-32-13-11-12-29(2)23-32/h11-21,25,29,35,37H,4,6-10,22-24,26-28H2,1-3,5H3,(H,44,48)/b30-25+,43-38?/t29?,37-/m0/s1. The van der Waals surface area contributed by atoms with E-state index in [0.717, 1.165) is 53.0 Å². The van der Waals surface area contributed by atoms with Gasteiger partial charge in [-0.15, -0.1) is 0 Å². The van der Waals surface area contributed by atoms with Gasteiger partial charge in [-0.25, -0.2) is 14.8 Å². The second-order valence-corrected chi connectivity index (χ2v) is 13.2. The maximum atomic E-state index is 13.5.